The highest BCUT2D eigenvalue weighted by Crippen LogP contribution is 2.28. The second kappa shape index (κ2) is 20.8. The number of aliphatic hydroxyl groups is 1. The molecule has 1 unspecified atom stereocenters. The summed E-state index contributed by atoms with van der Waals surface area (Å²) < 4.78 is 0. The lowest BCUT2D eigenvalue weighted by Crippen LogP contribution is -2.60. The molecule has 2 heterocycles. The van der Waals surface area contributed by atoms with Crippen molar-refractivity contribution >= 4 is 41.4 Å². The zero-order chi connectivity index (χ0) is 39.2. The van der Waals surface area contributed by atoms with Crippen molar-refractivity contribution in [1.82, 2.24) is 31.1 Å². The molecule has 15 nitrogen and oxygen atoms in total. The molecule has 4 rings (SSSR count). The van der Waals surface area contributed by atoms with E-state index in [4.69, 9.17) is 0 Å². The van der Waals surface area contributed by atoms with Gasteiger partial charge >= 0.3 is 5.97 Å². The molecular formula is C39H58N6O9. The Balaban J connectivity index is 1.48. The summed E-state index contributed by atoms with van der Waals surface area (Å²) in [7, 11) is 0. The molecule has 1 aromatic rings. The van der Waals surface area contributed by atoms with Crippen LogP contribution in [0.3, 0.4) is 0 Å². The number of nitrogens with zero attached hydrogens (tertiary/aromatic N) is 2. The molecule has 2 aliphatic heterocycles. The number of carboxylic acids is 1. The second-order valence-corrected chi connectivity index (χ2v) is 14.9. The van der Waals surface area contributed by atoms with Crippen LogP contribution in [0.25, 0.3) is 0 Å². The number of hydrogen-bond acceptors (Lipinski definition) is 8. The quantitative estimate of drug-likeness (QED) is 0.137. The van der Waals surface area contributed by atoms with Gasteiger partial charge in [0.25, 0.3) is 0 Å². The number of carboxylic acid groups (broad SMARTS) is 1. The fraction of sp³-hybridized carbons (Fsp3) is 0.667. The number of piperidine rings is 1. The van der Waals surface area contributed by atoms with Gasteiger partial charge in [-0.15, -0.1) is 0 Å². The Labute approximate surface area is 317 Å². The molecular weight excluding hydrogens is 696 g/mol. The van der Waals surface area contributed by atoms with Crippen LogP contribution in [0.4, 0.5) is 0 Å². The molecule has 3 aliphatic rings. The van der Waals surface area contributed by atoms with E-state index in [2.05, 4.69) is 21.3 Å². The van der Waals surface area contributed by atoms with Crippen LogP contribution < -0.4 is 21.3 Å². The molecule has 54 heavy (non-hydrogen) atoms. The van der Waals surface area contributed by atoms with Crippen LogP contribution in [-0.2, 0) is 33.6 Å². The summed E-state index contributed by atoms with van der Waals surface area (Å²) in [5.41, 5.74) is 0.566. The molecule has 3 fully saturated rings. The first-order chi connectivity index (χ1) is 25.9. The van der Waals surface area contributed by atoms with Crippen molar-refractivity contribution in [3.63, 3.8) is 0 Å². The monoisotopic (exact) mass is 754 g/mol. The fourth-order valence-corrected chi connectivity index (χ4v) is 7.77. The Morgan fingerprint density at radius 2 is 1.39 bits per heavy atom. The molecule has 0 spiro atoms. The first kappa shape index (κ1) is 42.2. The lowest BCUT2D eigenvalue weighted by Gasteiger charge is -2.38. The van der Waals surface area contributed by atoms with E-state index in [9.17, 15) is 43.8 Å². The second-order valence-electron chi connectivity index (χ2n) is 14.9. The number of nitrogens with one attached hydrogen (secondary N) is 4. The van der Waals surface area contributed by atoms with Gasteiger partial charge in [-0.25, -0.2) is 0 Å². The number of hydrogen-bond donors (Lipinski definition) is 6. The number of likely N-dealkylation sites (tertiary alicyclic amines) is 2. The number of amides is 6. The van der Waals surface area contributed by atoms with Crippen molar-refractivity contribution in [2.45, 2.75) is 140 Å². The third kappa shape index (κ3) is 11.7. The van der Waals surface area contributed by atoms with Gasteiger partial charge in [-0.2, -0.15) is 0 Å². The average molecular weight is 755 g/mol. The number of carbonyl (C=O) groups is 7. The maximum Gasteiger partial charge on any atom is 0.305 e. The smallest absolute Gasteiger partial charge is 0.305 e. The number of rotatable bonds is 17. The minimum Gasteiger partial charge on any atom is -0.481 e. The molecule has 1 aliphatic carbocycles. The topological polar surface area (TPSA) is 215 Å². The summed E-state index contributed by atoms with van der Waals surface area (Å²) in [4.78, 5) is 96.0. The van der Waals surface area contributed by atoms with Gasteiger partial charge in [0.2, 0.25) is 35.4 Å². The van der Waals surface area contributed by atoms with Crippen LogP contribution in [0, 0.1) is 5.92 Å². The molecule has 15 heteroatoms. The molecule has 0 bridgehead atoms. The normalized spacial score (nSPS) is 21.2. The Hall–Kier alpha value is -4.53. The SMILES string of the molecule is CCCNC(=O)[C@@H](NC(=O)[C@@H]1CCCN1C(=O)[C@H](CC(=O)O)NC(=O)[C@@H]1CCCCN1C(=O)[C@@H](NC(=O)CCC1CCCCC1)c1ccccc1)C(C)O. The van der Waals surface area contributed by atoms with Crippen molar-refractivity contribution in [1.29, 1.82) is 0 Å². The van der Waals surface area contributed by atoms with Crippen LogP contribution in [0.15, 0.2) is 30.3 Å². The van der Waals surface area contributed by atoms with Crippen molar-refractivity contribution in [3.8, 4) is 0 Å². The lowest BCUT2D eigenvalue weighted by molar-refractivity contribution is -0.149. The summed E-state index contributed by atoms with van der Waals surface area (Å²) in [5.74, 6) is -4.35. The van der Waals surface area contributed by atoms with Gasteiger partial charge in [0.15, 0.2) is 0 Å². The van der Waals surface area contributed by atoms with Gasteiger partial charge in [0.05, 0.1) is 12.5 Å². The summed E-state index contributed by atoms with van der Waals surface area (Å²) in [6.07, 6.45) is 7.51. The molecule has 6 N–H and O–H groups in total. The summed E-state index contributed by atoms with van der Waals surface area (Å²) >= 11 is 0. The van der Waals surface area contributed by atoms with Crippen molar-refractivity contribution in [3.05, 3.63) is 35.9 Å². The number of aliphatic hydroxyl groups excluding tert-OH is 1. The summed E-state index contributed by atoms with van der Waals surface area (Å²) in [6.45, 7) is 3.89. The Bertz CT molecular complexity index is 1470. The van der Waals surface area contributed by atoms with E-state index in [1.165, 1.54) is 23.1 Å². The highest BCUT2D eigenvalue weighted by Gasteiger charge is 2.42. The minimum absolute atomic E-state index is 0.109. The van der Waals surface area contributed by atoms with Crippen LogP contribution in [0.1, 0.15) is 115 Å². The van der Waals surface area contributed by atoms with Crippen molar-refractivity contribution in [2.75, 3.05) is 19.6 Å². The van der Waals surface area contributed by atoms with Gasteiger partial charge < -0.3 is 41.3 Å². The molecule has 0 aromatic heterocycles. The van der Waals surface area contributed by atoms with Crippen LogP contribution in [0.5, 0.6) is 0 Å². The lowest BCUT2D eigenvalue weighted by atomic mass is 9.86. The number of aliphatic carboxylic acids is 1. The molecule has 1 saturated carbocycles. The van der Waals surface area contributed by atoms with E-state index in [1.54, 1.807) is 30.3 Å². The molecule has 298 valence electrons. The van der Waals surface area contributed by atoms with E-state index in [0.717, 1.165) is 32.1 Å². The average Bonchev–Trinajstić information content (AvgIpc) is 3.67. The van der Waals surface area contributed by atoms with Crippen molar-refractivity contribution in [2.24, 2.45) is 5.92 Å². The molecule has 1 aromatic carbocycles. The summed E-state index contributed by atoms with van der Waals surface area (Å²) in [5, 5.41) is 30.7. The first-order valence-electron chi connectivity index (χ1n) is 19.6. The highest BCUT2D eigenvalue weighted by atomic mass is 16.4. The predicted octanol–water partition coefficient (Wildman–Crippen LogP) is 1.93. The largest absolute Gasteiger partial charge is 0.481 e. The first-order valence-corrected chi connectivity index (χ1v) is 19.6. The standard InChI is InChI=1S/C39H58N6O9/c1-3-21-40-37(52)33(25(2)46)43-36(51)30-18-12-23-44(30)38(53)28(24-32(48)49)41-35(50)29-17-10-11-22-45(29)39(54)34(27-15-8-5-9-16-27)42-31(47)20-19-26-13-6-4-7-14-26/h5,8-9,15-16,25-26,28-30,33-34,46H,3-4,6-7,10-14,17-24H2,1-2H3,(H,40,52)(H,41,50)(H,42,47)(H,43,51)(H,48,49)/t25?,28-,29-,30-,33-,34-/m0/s1. The fourth-order valence-electron chi connectivity index (χ4n) is 7.77. The van der Waals surface area contributed by atoms with Crippen LogP contribution in [0.2, 0.25) is 0 Å². The highest BCUT2D eigenvalue weighted by molar-refractivity contribution is 5.98. The third-order valence-corrected chi connectivity index (χ3v) is 10.7. The van der Waals surface area contributed by atoms with Crippen LogP contribution >= 0.6 is 0 Å². The maximum atomic E-state index is 14.3. The third-order valence-electron chi connectivity index (χ3n) is 10.7. The zero-order valence-corrected chi connectivity index (χ0v) is 31.6. The van der Waals surface area contributed by atoms with Gasteiger partial charge in [-0.1, -0.05) is 69.4 Å². The van der Waals surface area contributed by atoms with E-state index < -0.39 is 78.2 Å². The molecule has 0 radical (unpaired) electrons. The maximum absolute atomic E-state index is 14.3. The predicted molar refractivity (Wildman–Crippen MR) is 198 cm³/mol. The molecule has 6 atom stereocenters. The number of benzene rings is 1. The number of carbonyl (C=O) groups excluding carboxylic acids is 6. The van der Waals surface area contributed by atoms with Gasteiger partial charge in [0.1, 0.15) is 30.2 Å². The Morgan fingerprint density at radius 1 is 0.778 bits per heavy atom. The van der Waals surface area contributed by atoms with E-state index in [0.29, 0.717) is 43.7 Å². The van der Waals surface area contributed by atoms with Gasteiger partial charge in [-0.05, 0) is 63.4 Å². The van der Waals surface area contributed by atoms with Crippen LogP contribution in [-0.4, -0.2) is 111 Å². The molecule has 2 saturated heterocycles. The summed E-state index contributed by atoms with van der Waals surface area (Å²) in [6, 6.07) is 2.86. The minimum atomic E-state index is -1.55. The van der Waals surface area contributed by atoms with E-state index >= 15 is 0 Å². The Morgan fingerprint density at radius 3 is 2.04 bits per heavy atom. The van der Waals surface area contributed by atoms with E-state index in [1.807, 2.05) is 6.92 Å². The van der Waals surface area contributed by atoms with E-state index in [-0.39, 0.29) is 38.3 Å². The molecule has 6 amide bonds. The Kier molecular flexibility index (Phi) is 16.3. The zero-order valence-electron chi connectivity index (χ0n) is 31.6. The van der Waals surface area contributed by atoms with Gasteiger partial charge in [-0.3, -0.25) is 33.6 Å². The van der Waals surface area contributed by atoms with Gasteiger partial charge in [0, 0.05) is 26.1 Å². The van der Waals surface area contributed by atoms with Crippen molar-refractivity contribution < 1.29 is 43.8 Å².